The van der Waals surface area contributed by atoms with E-state index in [0.717, 1.165) is 11.1 Å². The van der Waals surface area contributed by atoms with Crippen molar-refractivity contribution in [3.63, 3.8) is 0 Å². The highest BCUT2D eigenvalue weighted by molar-refractivity contribution is 6.43. The van der Waals surface area contributed by atoms with Crippen LogP contribution in [-0.2, 0) is 20.9 Å². The van der Waals surface area contributed by atoms with Crippen LogP contribution in [0.25, 0.3) is 17.3 Å². The van der Waals surface area contributed by atoms with E-state index in [0.29, 0.717) is 53.1 Å². The molecule has 3 aromatic rings. The minimum Gasteiger partial charge on any atom is -0.382 e. The van der Waals surface area contributed by atoms with Gasteiger partial charge in [-0.2, -0.15) is 0 Å². The lowest BCUT2D eigenvalue weighted by atomic mass is 9.89. The van der Waals surface area contributed by atoms with Gasteiger partial charge in [0.05, 0.1) is 16.2 Å². The largest absolute Gasteiger partial charge is 0.382 e. The van der Waals surface area contributed by atoms with Crippen molar-refractivity contribution in [1.82, 2.24) is 26.1 Å². The zero-order chi connectivity index (χ0) is 30.3. The summed E-state index contributed by atoms with van der Waals surface area (Å²) in [5.74, 6) is -0.548. The first-order chi connectivity index (χ1) is 20.1. The Morgan fingerprint density at radius 3 is 2.57 bits per heavy atom. The van der Waals surface area contributed by atoms with Crippen molar-refractivity contribution in [3.8, 4) is 11.3 Å². The van der Waals surface area contributed by atoms with Crippen molar-refractivity contribution in [1.29, 1.82) is 0 Å². The van der Waals surface area contributed by atoms with Crippen molar-refractivity contribution in [2.24, 2.45) is 0 Å². The molecular weight excluding hydrogens is 581 g/mol. The van der Waals surface area contributed by atoms with E-state index in [2.05, 4.69) is 20.6 Å². The Hall–Kier alpha value is -4.19. The lowest BCUT2D eigenvalue weighted by Crippen LogP contribution is -2.54. The van der Waals surface area contributed by atoms with E-state index in [1.54, 1.807) is 42.6 Å². The third-order valence-corrected chi connectivity index (χ3v) is 7.74. The molecular formula is C29H31Cl2N7O4. The van der Waals surface area contributed by atoms with Gasteiger partial charge in [0.25, 0.3) is 5.91 Å². The van der Waals surface area contributed by atoms with Crippen LogP contribution in [-0.4, -0.2) is 51.5 Å². The Balaban J connectivity index is 1.26. The number of nitrogens with two attached hydrogens (primary N) is 1. The standard InChI is InChI=1S/C29H31Cl2N7O4/c1-29(36-25(41)15-24(40)33-16-19-5-2-4-18(14-19)8-9-23(39)37-42)10-12-38(13-11-29)22-17-34-27(28(32)35-22)20-6-3-7-21(30)26(20)31/h2-9,14,17,42H,10-13,15-16H2,1H3,(H2,32,35)(H,33,40)(H,36,41)(H,37,39)/b9-8+. The zero-order valence-corrected chi connectivity index (χ0v) is 24.4. The van der Waals surface area contributed by atoms with Gasteiger partial charge in [-0.3, -0.25) is 19.6 Å². The summed E-state index contributed by atoms with van der Waals surface area (Å²) in [6, 6.07) is 12.4. The molecule has 42 heavy (non-hydrogen) atoms. The van der Waals surface area contributed by atoms with Gasteiger partial charge in [0, 0.05) is 36.8 Å². The lowest BCUT2D eigenvalue weighted by Gasteiger charge is -2.40. The van der Waals surface area contributed by atoms with Crippen LogP contribution < -0.4 is 26.7 Å². The first kappa shape index (κ1) is 30.8. The summed E-state index contributed by atoms with van der Waals surface area (Å²) in [4.78, 5) is 47.3. The second-order valence-corrected chi connectivity index (χ2v) is 11.0. The highest BCUT2D eigenvalue weighted by Gasteiger charge is 2.32. The van der Waals surface area contributed by atoms with Gasteiger partial charge >= 0.3 is 0 Å². The SMILES string of the molecule is CC1(NC(=O)CC(=O)NCc2cccc(/C=C/C(=O)NO)c2)CCN(c2cnc(-c3cccc(Cl)c3Cl)c(N)n2)CC1. The molecule has 1 aliphatic rings. The van der Waals surface area contributed by atoms with E-state index in [4.69, 9.17) is 34.1 Å². The van der Waals surface area contributed by atoms with Crippen LogP contribution >= 0.6 is 23.2 Å². The number of halogens is 2. The normalized spacial score (nSPS) is 14.4. The minimum absolute atomic E-state index is 0.221. The zero-order valence-electron chi connectivity index (χ0n) is 22.9. The number of anilines is 2. The fraction of sp³-hybridized carbons (Fsp3) is 0.276. The molecule has 6 N–H and O–H groups in total. The number of hydrogen-bond donors (Lipinski definition) is 5. The fourth-order valence-corrected chi connectivity index (χ4v) is 4.99. The third-order valence-electron chi connectivity index (χ3n) is 6.92. The number of hydroxylamine groups is 1. The molecule has 4 rings (SSSR count). The Morgan fingerprint density at radius 1 is 1.12 bits per heavy atom. The molecule has 0 bridgehead atoms. The monoisotopic (exact) mass is 611 g/mol. The third kappa shape index (κ3) is 7.96. The molecule has 0 aliphatic carbocycles. The number of aromatic nitrogens is 2. The molecule has 0 spiro atoms. The van der Waals surface area contributed by atoms with E-state index in [1.165, 1.54) is 17.6 Å². The van der Waals surface area contributed by atoms with Gasteiger partial charge in [0.2, 0.25) is 11.8 Å². The van der Waals surface area contributed by atoms with E-state index in [-0.39, 0.29) is 24.7 Å². The van der Waals surface area contributed by atoms with Crippen LogP contribution in [0.5, 0.6) is 0 Å². The predicted molar refractivity (Wildman–Crippen MR) is 162 cm³/mol. The number of nitrogens with one attached hydrogen (secondary N) is 3. The highest BCUT2D eigenvalue weighted by Crippen LogP contribution is 2.35. The Bertz CT molecular complexity index is 1510. The van der Waals surface area contributed by atoms with Gasteiger partial charge in [-0.05, 0) is 49.1 Å². The summed E-state index contributed by atoms with van der Waals surface area (Å²) in [5, 5.41) is 15.1. The molecule has 3 amide bonds. The number of amides is 3. The number of carbonyl (C=O) groups is 3. The molecule has 0 radical (unpaired) electrons. The van der Waals surface area contributed by atoms with Crippen molar-refractivity contribution in [3.05, 3.63) is 75.9 Å². The highest BCUT2D eigenvalue weighted by atomic mass is 35.5. The lowest BCUT2D eigenvalue weighted by molar-refractivity contribution is -0.130. The minimum atomic E-state index is -0.646. The van der Waals surface area contributed by atoms with Crippen molar-refractivity contribution in [2.45, 2.75) is 38.3 Å². The summed E-state index contributed by atoms with van der Waals surface area (Å²) in [7, 11) is 0. The average Bonchev–Trinajstić information content (AvgIpc) is 2.97. The van der Waals surface area contributed by atoms with Gasteiger partial charge in [-0.25, -0.2) is 15.4 Å². The number of hydrogen-bond acceptors (Lipinski definition) is 8. The van der Waals surface area contributed by atoms with Gasteiger partial charge < -0.3 is 21.3 Å². The maximum Gasteiger partial charge on any atom is 0.267 e. The topological polar surface area (TPSA) is 163 Å². The molecule has 0 saturated carbocycles. The summed E-state index contributed by atoms with van der Waals surface area (Å²) in [5.41, 5.74) is 9.83. The van der Waals surface area contributed by atoms with E-state index in [1.807, 2.05) is 17.9 Å². The summed E-state index contributed by atoms with van der Waals surface area (Å²) in [6.07, 6.45) is 5.34. The predicted octanol–water partition coefficient (Wildman–Crippen LogP) is 3.73. The Kier molecular flexibility index (Phi) is 10.00. The van der Waals surface area contributed by atoms with Crippen molar-refractivity contribution >= 4 is 58.6 Å². The Morgan fingerprint density at radius 2 is 1.86 bits per heavy atom. The molecule has 13 heteroatoms. The number of piperidine rings is 1. The first-order valence-corrected chi connectivity index (χ1v) is 13.9. The number of benzene rings is 2. The number of carbonyl (C=O) groups excluding carboxylic acids is 3. The summed E-state index contributed by atoms with van der Waals surface area (Å²) >= 11 is 12.5. The molecule has 0 unspecified atom stereocenters. The molecule has 220 valence electrons. The van der Waals surface area contributed by atoms with Gasteiger partial charge in [0.1, 0.15) is 17.9 Å². The smallest absolute Gasteiger partial charge is 0.267 e. The molecule has 11 nitrogen and oxygen atoms in total. The molecule has 1 fully saturated rings. The van der Waals surface area contributed by atoms with Crippen LogP contribution in [0.1, 0.15) is 37.3 Å². The number of nitrogens with zero attached hydrogens (tertiary/aromatic N) is 3. The Labute approximate surface area is 253 Å². The molecule has 1 aliphatic heterocycles. The van der Waals surface area contributed by atoms with Crippen LogP contribution in [0, 0.1) is 0 Å². The van der Waals surface area contributed by atoms with E-state index < -0.39 is 17.4 Å². The molecule has 2 aromatic carbocycles. The first-order valence-electron chi connectivity index (χ1n) is 13.2. The molecule has 2 heterocycles. The van der Waals surface area contributed by atoms with Crippen LogP contribution in [0.4, 0.5) is 11.6 Å². The second-order valence-electron chi connectivity index (χ2n) is 10.2. The quantitative estimate of drug-likeness (QED) is 0.106. The fourth-order valence-electron chi connectivity index (χ4n) is 4.60. The number of nitrogen functional groups attached to an aromatic ring is 1. The summed E-state index contributed by atoms with van der Waals surface area (Å²) < 4.78 is 0. The summed E-state index contributed by atoms with van der Waals surface area (Å²) in [6.45, 7) is 3.40. The van der Waals surface area contributed by atoms with Gasteiger partial charge in [-0.1, -0.05) is 53.5 Å². The van der Waals surface area contributed by atoms with Gasteiger partial charge in [0.15, 0.2) is 5.82 Å². The second kappa shape index (κ2) is 13.6. The van der Waals surface area contributed by atoms with Crippen molar-refractivity contribution < 1.29 is 19.6 Å². The van der Waals surface area contributed by atoms with Crippen LogP contribution in [0.15, 0.2) is 54.7 Å². The maximum atomic E-state index is 12.7. The van der Waals surface area contributed by atoms with Crippen molar-refractivity contribution in [2.75, 3.05) is 23.7 Å². The molecule has 1 aromatic heterocycles. The van der Waals surface area contributed by atoms with E-state index >= 15 is 0 Å². The van der Waals surface area contributed by atoms with Gasteiger partial charge in [-0.15, -0.1) is 0 Å². The van der Waals surface area contributed by atoms with Crippen LogP contribution in [0.2, 0.25) is 10.0 Å². The van der Waals surface area contributed by atoms with E-state index in [9.17, 15) is 14.4 Å². The maximum absolute atomic E-state index is 12.7. The van der Waals surface area contributed by atoms with Crippen LogP contribution in [0.3, 0.4) is 0 Å². The molecule has 1 saturated heterocycles. The molecule has 0 atom stereocenters. The number of rotatable bonds is 9. The average molecular weight is 613 g/mol.